The molecule has 0 saturated heterocycles. The molecule has 1 amide bonds. The Kier molecular flexibility index (Phi) is 7.45. The first-order chi connectivity index (χ1) is 11.7. The fourth-order valence-electron chi connectivity index (χ4n) is 1.97. The van der Waals surface area contributed by atoms with E-state index in [2.05, 4.69) is 4.72 Å². The number of hydrogen-bond donors (Lipinski definition) is 2. The number of nitrogens with zero attached hydrogens (tertiary/aromatic N) is 2. The monoisotopic (exact) mass is 373 g/mol. The molecule has 0 aromatic heterocycles. The molecular weight excluding hydrogens is 354 g/mol. The molecule has 0 radical (unpaired) electrons. The van der Waals surface area contributed by atoms with Crippen molar-refractivity contribution in [2.75, 3.05) is 19.6 Å². The van der Waals surface area contributed by atoms with Gasteiger partial charge in [-0.05, 0) is 19.1 Å². The number of hydrogen-bond acceptors (Lipinski definition) is 6. The van der Waals surface area contributed by atoms with E-state index in [4.69, 9.17) is 5.11 Å². The normalized spacial score (nSPS) is 11.1. The number of carboxylic acid groups (broad SMARTS) is 1. The lowest BCUT2D eigenvalue weighted by Gasteiger charge is -2.20. The van der Waals surface area contributed by atoms with Gasteiger partial charge in [0.2, 0.25) is 15.9 Å². The van der Waals surface area contributed by atoms with Gasteiger partial charge in [0.15, 0.2) is 0 Å². The minimum atomic E-state index is -3.89. The van der Waals surface area contributed by atoms with E-state index in [0.717, 1.165) is 24.3 Å². The van der Waals surface area contributed by atoms with Crippen LogP contribution in [0.2, 0.25) is 0 Å². The van der Waals surface area contributed by atoms with E-state index in [-0.39, 0.29) is 42.4 Å². The molecule has 0 heterocycles. The number of carbonyl (C=O) groups excluding carboxylic acids is 1. The van der Waals surface area contributed by atoms with Gasteiger partial charge < -0.3 is 10.0 Å². The van der Waals surface area contributed by atoms with Crippen molar-refractivity contribution < 1.29 is 28.0 Å². The number of aliphatic carboxylic acids is 1. The van der Waals surface area contributed by atoms with Gasteiger partial charge in [0.1, 0.15) is 0 Å². The highest BCUT2D eigenvalue weighted by Gasteiger charge is 2.17. The van der Waals surface area contributed by atoms with Crippen LogP contribution in [-0.4, -0.2) is 54.9 Å². The predicted molar refractivity (Wildman–Crippen MR) is 87.4 cm³/mol. The van der Waals surface area contributed by atoms with Crippen LogP contribution in [0.15, 0.2) is 29.2 Å². The van der Waals surface area contributed by atoms with E-state index in [1.54, 1.807) is 6.92 Å². The van der Waals surface area contributed by atoms with Crippen LogP contribution in [0, 0.1) is 10.1 Å². The number of nitro benzene ring substituents is 1. The molecule has 0 spiro atoms. The second kappa shape index (κ2) is 9.08. The molecule has 0 aliphatic heterocycles. The summed E-state index contributed by atoms with van der Waals surface area (Å²) in [7, 11) is -3.89. The van der Waals surface area contributed by atoms with Gasteiger partial charge in [0.25, 0.3) is 5.69 Å². The fraction of sp³-hybridized carbons (Fsp3) is 0.429. The third-order valence-electron chi connectivity index (χ3n) is 3.32. The van der Waals surface area contributed by atoms with E-state index in [1.807, 2.05) is 0 Å². The van der Waals surface area contributed by atoms with Crippen LogP contribution in [0.4, 0.5) is 5.69 Å². The van der Waals surface area contributed by atoms with Crippen molar-refractivity contribution in [2.45, 2.75) is 24.7 Å². The molecule has 11 heteroatoms. The predicted octanol–water partition coefficient (Wildman–Crippen LogP) is 0.586. The lowest BCUT2D eigenvalue weighted by atomic mass is 10.3. The Morgan fingerprint density at radius 1 is 1.24 bits per heavy atom. The fourth-order valence-corrected chi connectivity index (χ4v) is 3.00. The first-order valence-corrected chi connectivity index (χ1v) is 8.89. The van der Waals surface area contributed by atoms with E-state index in [1.165, 1.54) is 4.90 Å². The standard InChI is InChI=1S/C14H19N3O7S/c1-2-16(10-8-14(19)20)13(18)7-9-15-25(23,24)12-5-3-11(4-6-12)17(21)22/h3-6,15H,2,7-10H2,1H3,(H,19,20). The zero-order valence-electron chi connectivity index (χ0n) is 13.5. The molecule has 0 saturated carbocycles. The highest BCUT2D eigenvalue weighted by Crippen LogP contribution is 2.15. The number of rotatable bonds is 10. The van der Waals surface area contributed by atoms with Gasteiger partial charge in [-0.15, -0.1) is 0 Å². The van der Waals surface area contributed by atoms with Gasteiger partial charge in [-0.1, -0.05) is 0 Å². The summed E-state index contributed by atoms with van der Waals surface area (Å²) in [5, 5.41) is 19.2. The Morgan fingerprint density at radius 2 is 1.84 bits per heavy atom. The van der Waals surface area contributed by atoms with Crippen molar-refractivity contribution in [3.63, 3.8) is 0 Å². The molecule has 1 rings (SSSR count). The zero-order valence-corrected chi connectivity index (χ0v) is 14.4. The maximum absolute atomic E-state index is 12.1. The maximum Gasteiger partial charge on any atom is 0.305 e. The summed E-state index contributed by atoms with van der Waals surface area (Å²) < 4.78 is 26.4. The number of benzene rings is 1. The SMILES string of the molecule is CCN(CCC(=O)O)C(=O)CCNS(=O)(=O)c1ccc([N+](=O)[O-])cc1. The largest absolute Gasteiger partial charge is 0.481 e. The average molecular weight is 373 g/mol. The van der Waals surface area contributed by atoms with Gasteiger partial charge in [0, 0.05) is 38.2 Å². The summed E-state index contributed by atoms with van der Waals surface area (Å²) in [6.45, 7) is 1.91. The van der Waals surface area contributed by atoms with Crippen LogP contribution in [0.5, 0.6) is 0 Å². The van der Waals surface area contributed by atoms with Crippen LogP contribution < -0.4 is 4.72 Å². The number of carbonyl (C=O) groups is 2. The minimum Gasteiger partial charge on any atom is -0.481 e. The molecule has 0 atom stereocenters. The number of nitrogens with one attached hydrogen (secondary N) is 1. The van der Waals surface area contributed by atoms with Crippen molar-refractivity contribution in [2.24, 2.45) is 0 Å². The molecule has 0 bridgehead atoms. The quantitative estimate of drug-likeness (QED) is 0.450. The third kappa shape index (κ3) is 6.47. The van der Waals surface area contributed by atoms with Gasteiger partial charge >= 0.3 is 5.97 Å². The Labute approximate surface area is 144 Å². The highest BCUT2D eigenvalue weighted by atomic mass is 32.2. The molecule has 0 aliphatic rings. The van der Waals surface area contributed by atoms with Crippen LogP contribution in [-0.2, 0) is 19.6 Å². The molecule has 2 N–H and O–H groups in total. The van der Waals surface area contributed by atoms with Crippen molar-refractivity contribution in [3.05, 3.63) is 34.4 Å². The first kappa shape index (κ1) is 20.5. The highest BCUT2D eigenvalue weighted by molar-refractivity contribution is 7.89. The van der Waals surface area contributed by atoms with Gasteiger partial charge in [-0.25, -0.2) is 13.1 Å². The summed E-state index contributed by atoms with van der Waals surface area (Å²) in [6.07, 6.45) is -0.312. The Balaban J connectivity index is 2.59. The van der Waals surface area contributed by atoms with Crippen LogP contribution in [0.25, 0.3) is 0 Å². The number of amides is 1. The first-order valence-electron chi connectivity index (χ1n) is 7.41. The van der Waals surface area contributed by atoms with Gasteiger partial charge in [-0.2, -0.15) is 0 Å². The van der Waals surface area contributed by atoms with Gasteiger partial charge in [-0.3, -0.25) is 19.7 Å². The van der Waals surface area contributed by atoms with Crippen molar-refractivity contribution >= 4 is 27.6 Å². The number of sulfonamides is 1. The molecule has 10 nitrogen and oxygen atoms in total. The number of carboxylic acids is 1. The topological polar surface area (TPSA) is 147 Å². The Bertz CT molecular complexity index is 731. The summed E-state index contributed by atoms with van der Waals surface area (Å²) in [4.78, 5) is 33.6. The van der Waals surface area contributed by atoms with E-state index < -0.39 is 20.9 Å². The van der Waals surface area contributed by atoms with Gasteiger partial charge in [0.05, 0.1) is 16.2 Å². The lowest BCUT2D eigenvalue weighted by molar-refractivity contribution is -0.384. The molecular formula is C14H19N3O7S. The zero-order chi connectivity index (χ0) is 19.0. The summed E-state index contributed by atoms with van der Waals surface area (Å²) >= 11 is 0. The van der Waals surface area contributed by atoms with E-state index in [9.17, 15) is 28.1 Å². The molecule has 0 fully saturated rings. The summed E-state index contributed by atoms with van der Waals surface area (Å²) in [5.41, 5.74) is -0.230. The summed E-state index contributed by atoms with van der Waals surface area (Å²) in [5.74, 6) is -1.39. The number of nitro groups is 1. The second-order valence-electron chi connectivity index (χ2n) is 5.02. The second-order valence-corrected chi connectivity index (χ2v) is 6.78. The molecule has 1 aromatic carbocycles. The smallest absolute Gasteiger partial charge is 0.305 e. The summed E-state index contributed by atoms with van der Waals surface area (Å²) in [6, 6.07) is 4.36. The van der Waals surface area contributed by atoms with E-state index in [0.29, 0.717) is 6.54 Å². The number of non-ortho nitro benzene ring substituents is 1. The Morgan fingerprint density at radius 3 is 2.32 bits per heavy atom. The minimum absolute atomic E-state index is 0.0553. The van der Waals surface area contributed by atoms with Crippen LogP contribution in [0.3, 0.4) is 0 Å². The average Bonchev–Trinajstić information content (AvgIpc) is 2.55. The third-order valence-corrected chi connectivity index (χ3v) is 4.80. The Hall–Kier alpha value is -2.53. The molecule has 138 valence electrons. The van der Waals surface area contributed by atoms with Crippen molar-refractivity contribution in [1.29, 1.82) is 0 Å². The molecule has 0 unspecified atom stereocenters. The molecule has 0 aliphatic carbocycles. The van der Waals surface area contributed by atoms with Crippen molar-refractivity contribution in [3.8, 4) is 0 Å². The van der Waals surface area contributed by atoms with E-state index >= 15 is 0 Å². The van der Waals surface area contributed by atoms with Crippen LogP contribution in [0.1, 0.15) is 19.8 Å². The van der Waals surface area contributed by atoms with Crippen LogP contribution >= 0.6 is 0 Å². The van der Waals surface area contributed by atoms with Crippen molar-refractivity contribution in [1.82, 2.24) is 9.62 Å². The maximum atomic E-state index is 12.1. The molecule has 1 aromatic rings. The molecule has 25 heavy (non-hydrogen) atoms. The lowest BCUT2D eigenvalue weighted by Crippen LogP contribution is -2.35.